The first-order valence-corrected chi connectivity index (χ1v) is 13.7. The maximum absolute atomic E-state index is 12.5. The van der Waals surface area contributed by atoms with Crippen molar-refractivity contribution in [3.63, 3.8) is 0 Å². The van der Waals surface area contributed by atoms with Gasteiger partial charge in [-0.15, -0.1) is 21.5 Å². The first-order valence-electron chi connectivity index (χ1n) is 11.8. The number of urea groups is 1. The molecule has 0 radical (unpaired) electrons. The quantitative estimate of drug-likeness (QED) is 0.420. The maximum atomic E-state index is 12.5. The van der Waals surface area contributed by atoms with Crippen LogP contribution < -0.4 is 10.6 Å². The fourth-order valence-electron chi connectivity index (χ4n) is 4.26. The lowest BCUT2D eigenvalue weighted by Gasteiger charge is -2.29. The molecule has 2 heterocycles. The van der Waals surface area contributed by atoms with E-state index < -0.39 is 6.03 Å². The van der Waals surface area contributed by atoms with Gasteiger partial charge in [-0.1, -0.05) is 67.9 Å². The van der Waals surface area contributed by atoms with Gasteiger partial charge in [0.1, 0.15) is 5.82 Å². The molecular formula is C25H31N5O2S2. The number of benzene rings is 1. The predicted octanol–water partition coefficient (Wildman–Crippen LogP) is 4.67. The normalized spacial score (nSPS) is 17.9. The topological polar surface area (TPSA) is 88.9 Å². The van der Waals surface area contributed by atoms with Gasteiger partial charge in [-0.2, -0.15) is 0 Å². The third kappa shape index (κ3) is 6.93. The minimum absolute atomic E-state index is 0.107. The van der Waals surface area contributed by atoms with Gasteiger partial charge in [0.15, 0.2) is 5.16 Å². The largest absolute Gasteiger partial charge is 0.335 e. The molecule has 1 aliphatic carbocycles. The molecule has 9 heteroatoms. The molecule has 0 saturated heterocycles. The zero-order valence-corrected chi connectivity index (χ0v) is 21.0. The Balaban J connectivity index is 1.35. The van der Waals surface area contributed by atoms with Gasteiger partial charge in [-0.25, -0.2) is 4.79 Å². The second-order valence-electron chi connectivity index (χ2n) is 8.72. The van der Waals surface area contributed by atoms with Crippen LogP contribution in [0.15, 0.2) is 53.0 Å². The summed E-state index contributed by atoms with van der Waals surface area (Å²) >= 11 is 3.01. The molecule has 180 valence electrons. The van der Waals surface area contributed by atoms with Crippen molar-refractivity contribution in [3.8, 4) is 0 Å². The van der Waals surface area contributed by atoms with E-state index >= 15 is 0 Å². The SMILES string of the molecule is CC1CCCCC1NC(=O)NC(=O)CSc1nnc(Cc2cccs2)n1CCc1ccccc1. The van der Waals surface area contributed by atoms with Crippen molar-refractivity contribution in [1.82, 2.24) is 25.4 Å². The van der Waals surface area contributed by atoms with Crippen LogP contribution in [0.25, 0.3) is 0 Å². The van der Waals surface area contributed by atoms with E-state index in [4.69, 9.17) is 0 Å². The number of nitrogens with one attached hydrogen (secondary N) is 2. The van der Waals surface area contributed by atoms with Gasteiger partial charge in [-0.3, -0.25) is 10.1 Å². The molecule has 3 aromatic rings. The van der Waals surface area contributed by atoms with E-state index in [-0.39, 0.29) is 17.7 Å². The summed E-state index contributed by atoms with van der Waals surface area (Å²) in [6, 6.07) is 14.1. The summed E-state index contributed by atoms with van der Waals surface area (Å²) in [5, 5.41) is 17.0. The molecule has 1 saturated carbocycles. The highest BCUT2D eigenvalue weighted by atomic mass is 32.2. The molecule has 4 rings (SSSR count). The van der Waals surface area contributed by atoms with Gasteiger partial charge in [0.05, 0.1) is 5.75 Å². The van der Waals surface area contributed by atoms with Gasteiger partial charge < -0.3 is 9.88 Å². The van der Waals surface area contributed by atoms with Crippen LogP contribution in [0.5, 0.6) is 0 Å². The van der Waals surface area contributed by atoms with Crippen molar-refractivity contribution in [3.05, 3.63) is 64.1 Å². The zero-order chi connectivity index (χ0) is 23.8. The van der Waals surface area contributed by atoms with E-state index in [2.05, 4.69) is 55.9 Å². The Hall–Kier alpha value is -2.65. The van der Waals surface area contributed by atoms with E-state index in [9.17, 15) is 9.59 Å². The van der Waals surface area contributed by atoms with Crippen LogP contribution in [-0.4, -0.2) is 38.5 Å². The van der Waals surface area contributed by atoms with Crippen LogP contribution in [0.2, 0.25) is 0 Å². The highest BCUT2D eigenvalue weighted by Crippen LogP contribution is 2.24. The molecule has 1 aromatic carbocycles. The number of thiophene rings is 1. The second kappa shape index (κ2) is 12.2. The Morgan fingerprint density at radius 3 is 2.71 bits per heavy atom. The van der Waals surface area contributed by atoms with Crippen molar-refractivity contribution < 1.29 is 9.59 Å². The summed E-state index contributed by atoms with van der Waals surface area (Å²) < 4.78 is 2.09. The number of carbonyl (C=O) groups is 2. The highest BCUT2D eigenvalue weighted by Gasteiger charge is 2.23. The van der Waals surface area contributed by atoms with Gasteiger partial charge in [0.2, 0.25) is 5.91 Å². The number of amides is 3. The van der Waals surface area contributed by atoms with Crippen molar-refractivity contribution in [2.45, 2.75) is 63.2 Å². The van der Waals surface area contributed by atoms with Crippen LogP contribution >= 0.6 is 23.1 Å². The number of rotatable bonds is 9. The Bertz CT molecular complexity index is 1070. The Kier molecular flexibility index (Phi) is 8.76. The van der Waals surface area contributed by atoms with Crippen molar-refractivity contribution in [1.29, 1.82) is 0 Å². The molecule has 0 bridgehead atoms. The summed E-state index contributed by atoms with van der Waals surface area (Å²) in [6.45, 7) is 2.87. The number of hydrogen-bond donors (Lipinski definition) is 2. The summed E-state index contributed by atoms with van der Waals surface area (Å²) in [5.41, 5.74) is 1.24. The minimum atomic E-state index is -0.409. The lowest BCUT2D eigenvalue weighted by atomic mass is 9.86. The monoisotopic (exact) mass is 497 g/mol. The first-order chi connectivity index (χ1) is 16.6. The predicted molar refractivity (Wildman–Crippen MR) is 136 cm³/mol. The highest BCUT2D eigenvalue weighted by molar-refractivity contribution is 7.99. The van der Waals surface area contributed by atoms with E-state index in [0.717, 1.165) is 38.1 Å². The molecule has 0 aliphatic heterocycles. The standard InChI is InChI=1S/C25H31N5O2S2/c1-18-8-5-6-12-21(18)26-24(32)27-23(31)17-34-25-29-28-22(16-20-11-7-15-33-20)30(25)14-13-19-9-3-2-4-10-19/h2-4,7,9-11,15,18,21H,5-6,8,12-14,16-17H2,1H3,(H2,26,27,31,32). The van der Waals surface area contributed by atoms with Crippen LogP contribution in [0, 0.1) is 5.92 Å². The smallest absolute Gasteiger partial charge is 0.321 e. The Morgan fingerprint density at radius 2 is 1.94 bits per heavy atom. The van der Waals surface area contributed by atoms with E-state index in [0.29, 0.717) is 17.5 Å². The average Bonchev–Trinajstić information content (AvgIpc) is 3.49. The average molecular weight is 498 g/mol. The second-order valence-corrected chi connectivity index (χ2v) is 10.7. The third-order valence-electron chi connectivity index (χ3n) is 6.19. The van der Waals surface area contributed by atoms with Gasteiger partial charge in [-0.05, 0) is 42.2 Å². The molecule has 0 spiro atoms. The summed E-state index contributed by atoms with van der Waals surface area (Å²) in [5.74, 6) is 1.10. The van der Waals surface area contributed by atoms with E-state index in [1.165, 1.54) is 28.6 Å². The number of carbonyl (C=O) groups excluding carboxylic acids is 2. The van der Waals surface area contributed by atoms with Gasteiger partial charge >= 0.3 is 6.03 Å². The third-order valence-corrected chi connectivity index (χ3v) is 8.03. The number of hydrogen-bond acceptors (Lipinski definition) is 6. The lowest BCUT2D eigenvalue weighted by Crippen LogP contribution is -2.48. The number of imide groups is 1. The van der Waals surface area contributed by atoms with Crippen LogP contribution in [-0.2, 0) is 24.2 Å². The van der Waals surface area contributed by atoms with Crippen molar-refractivity contribution >= 4 is 35.0 Å². The molecule has 3 amide bonds. The minimum Gasteiger partial charge on any atom is -0.335 e. The van der Waals surface area contributed by atoms with Crippen LogP contribution in [0.1, 0.15) is 48.9 Å². The maximum Gasteiger partial charge on any atom is 0.321 e. The summed E-state index contributed by atoms with van der Waals surface area (Å²) in [4.78, 5) is 26.0. The number of aromatic nitrogens is 3. The zero-order valence-electron chi connectivity index (χ0n) is 19.4. The lowest BCUT2D eigenvalue weighted by molar-refractivity contribution is -0.117. The number of aryl methyl sites for hydroxylation is 1. The molecule has 2 aromatic heterocycles. The van der Waals surface area contributed by atoms with Crippen molar-refractivity contribution in [2.75, 3.05) is 5.75 Å². The van der Waals surface area contributed by atoms with Gasteiger partial charge in [0.25, 0.3) is 0 Å². The molecule has 34 heavy (non-hydrogen) atoms. The van der Waals surface area contributed by atoms with E-state index in [1.54, 1.807) is 11.3 Å². The molecule has 1 fully saturated rings. The molecule has 1 aliphatic rings. The Morgan fingerprint density at radius 1 is 1.12 bits per heavy atom. The Labute approximate surface area is 208 Å². The molecular weight excluding hydrogens is 466 g/mol. The number of thioether (sulfide) groups is 1. The molecule has 2 N–H and O–H groups in total. The van der Waals surface area contributed by atoms with Crippen LogP contribution in [0.4, 0.5) is 4.79 Å². The fraction of sp³-hybridized carbons (Fsp3) is 0.440. The van der Waals surface area contributed by atoms with Crippen LogP contribution in [0.3, 0.4) is 0 Å². The van der Waals surface area contributed by atoms with Gasteiger partial charge in [0, 0.05) is 23.9 Å². The fourth-order valence-corrected chi connectivity index (χ4v) is 5.75. The summed E-state index contributed by atoms with van der Waals surface area (Å²) in [6.07, 6.45) is 5.95. The first kappa shape index (κ1) is 24.5. The summed E-state index contributed by atoms with van der Waals surface area (Å²) in [7, 11) is 0. The molecule has 2 unspecified atom stereocenters. The number of nitrogens with zero attached hydrogens (tertiary/aromatic N) is 3. The van der Waals surface area contributed by atoms with Crippen molar-refractivity contribution in [2.24, 2.45) is 5.92 Å². The molecule has 7 nitrogen and oxygen atoms in total. The van der Waals surface area contributed by atoms with E-state index in [1.807, 2.05) is 24.3 Å². The molecule has 2 atom stereocenters.